The smallest absolute Gasteiger partial charge is 0.251 e. The zero-order chi connectivity index (χ0) is 17.5. The molecule has 0 fully saturated rings. The summed E-state index contributed by atoms with van der Waals surface area (Å²) in [5, 5.41) is 2.57. The molecule has 0 aliphatic heterocycles. The van der Waals surface area contributed by atoms with Crippen LogP contribution >= 0.6 is 0 Å². The second-order valence-electron chi connectivity index (χ2n) is 5.66. The summed E-state index contributed by atoms with van der Waals surface area (Å²) in [5.41, 5.74) is 2.34. The second-order valence-corrected chi connectivity index (χ2v) is 5.66. The minimum Gasteiger partial charge on any atom is -0.355 e. The summed E-state index contributed by atoms with van der Waals surface area (Å²) >= 11 is 0. The average molecular weight is 328 g/mol. The van der Waals surface area contributed by atoms with Gasteiger partial charge in [-0.3, -0.25) is 9.59 Å². The van der Waals surface area contributed by atoms with Crippen molar-refractivity contribution in [3.05, 3.63) is 71.0 Å². The molecule has 0 aliphatic rings. The van der Waals surface area contributed by atoms with Crippen LogP contribution in [-0.2, 0) is 17.8 Å². The predicted molar refractivity (Wildman–Crippen MR) is 91.0 cm³/mol. The van der Waals surface area contributed by atoms with Crippen molar-refractivity contribution in [2.24, 2.45) is 0 Å². The van der Waals surface area contributed by atoms with Crippen LogP contribution < -0.4 is 5.32 Å². The molecule has 0 atom stereocenters. The summed E-state index contributed by atoms with van der Waals surface area (Å²) in [4.78, 5) is 25.3. The summed E-state index contributed by atoms with van der Waals surface area (Å²) in [6, 6.07) is 13.4. The molecule has 0 saturated heterocycles. The van der Waals surface area contributed by atoms with E-state index >= 15 is 0 Å². The maximum absolute atomic E-state index is 13.1. The summed E-state index contributed by atoms with van der Waals surface area (Å²) in [6.07, 6.45) is 0.840. The van der Waals surface area contributed by atoms with Gasteiger partial charge in [0, 0.05) is 32.6 Å². The summed E-state index contributed by atoms with van der Waals surface area (Å²) in [7, 11) is 3.32. The van der Waals surface area contributed by atoms with Gasteiger partial charge in [0.05, 0.1) is 0 Å². The Morgan fingerprint density at radius 2 is 1.79 bits per heavy atom. The Hall–Kier alpha value is -2.69. The van der Waals surface area contributed by atoms with Crippen molar-refractivity contribution in [1.82, 2.24) is 10.2 Å². The molecule has 1 N–H and O–H groups in total. The number of halogens is 1. The number of amides is 2. The fourth-order valence-corrected chi connectivity index (χ4v) is 2.40. The third-order valence-corrected chi connectivity index (χ3v) is 3.81. The molecule has 5 heteroatoms. The molecule has 0 aromatic heterocycles. The van der Waals surface area contributed by atoms with E-state index < -0.39 is 0 Å². The Kier molecular flexibility index (Phi) is 6.07. The number of carbonyl (C=O) groups is 2. The van der Waals surface area contributed by atoms with Gasteiger partial charge in [0.1, 0.15) is 5.82 Å². The van der Waals surface area contributed by atoms with E-state index in [0.717, 1.165) is 11.1 Å². The van der Waals surface area contributed by atoms with Crippen molar-refractivity contribution in [1.29, 1.82) is 0 Å². The van der Waals surface area contributed by atoms with Gasteiger partial charge in [-0.15, -0.1) is 0 Å². The highest BCUT2D eigenvalue weighted by Gasteiger charge is 2.10. The van der Waals surface area contributed by atoms with Crippen LogP contribution in [0.25, 0.3) is 0 Å². The van der Waals surface area contributed by atoms with Crippen LogP contribution in [0.15, 0.2) is 48.5 Å². The van der Waals surface area contributed by atoms with Gasteiger partial charge in [0.25, 0.3) is 5.91 Å². The minimum atomic E-state index is -0.287. The van der Waals surface area contributed by atoms with Crippen molar-refractivity contribution in [3.63, 3.8) is 0 Å². The normalized spacial score (nSPS) is 10.3. The van der Waals surface area contributed by atoms with Crippen LogP contribution in [0.3, 0.4) is 0 Å². The number of carbonyl (C=O) groups excluding carboxylic acids is 2. The zero-order valence-corrected chi connectivity index (χ0v) is 13.9. The van der Waals surface area contributed by atoms with E-state index in [-0.39, 0.29) is 17.6 Å². The number of hydrogen-bond acceptors (Lipinski definition) is 2. The monoisotopic (exact) mass is 328 g/mol. The lowest BCUT2D eigenvalue weighted by atomic mass is 10.1. The minimum absolute atomic E-state index is 0.00496. The highest BCUT2D eigenvalue weighted by Crippen LogP contribution is 2.10. The lowest BCUT2D eigenvalue weighted by molar-refractivity contribution is -0.130. The van der Waals surface area contributed by atoms with Gasteiger partial charge in [-0.1, -0.05) is 24.3 Å². The van der Waals surface area contributed by atoms with Gasteiger partial charge in [-0.25, -0.2) is 4.39 Å². The molecule has 2 aromatic rings. The summed E-state index contributed by atoms with van der Waals surface area (Å²) < 4.78 is 13.1. The van der Waals surface area contributed by atoms with Crippen LogP contribution in [0, 0.1) is 5.82 Å². The highest BCUT2D eigenvalue weighted by molar-refractivity contribution is 5.93. The van der Waals surface area contributed by atoms with Crippen LogP contribution in [0.4, 0.5) is 4.39 Å². The van der Waals surface area contributed by atoms with Crippen molar-refractivity contribution in [2.45, 2.75) is 19.4 Å². The third-order valence-electron chi connectivity index (χ3n) is 3.81. The summed E-state index contributed by atoms with van der Waals surface area (Å²) in [6.45, 7) is 0.468. The van der Waals surface area contributed by atoms with Crippen molar-refractivity contribution in [3.8, 4) is 0 Å². The fraction of sp³-hybridized carbons (Fsp3) is 0.263. The van der Waals surface area contributed by atoms with E-state index in [0.29, 0.717) is 24.9 Å². The predicted octanol–water partition coefficient (Wildman–Crippen LogP) is 2.78. The van der Waals surface area contributed by atoms with Crippen molar-refractivity contribution in [2.75, 3.05) is 14.1 Å². The number of nitrogens with one attached hydrogen (secondary N) is 1. The van der Waals surface area contributed by atoms with Crippen LogP contribution in [0.1, 0.15) is 27.9 Å². The molecule has 2 rings (SSSR count). The van der Waals surface area contributed by atoms with Crippen LogP contribution in [-0.4, -0.2) is 30.8 Å². The van der Waals surface area contributed by atoms with Gasteiger partial charge >= 0.3 is 0 Å². The van der Waals surface area contributed by atoms with Crippen LogP contribution in [0.5, 0.6) is 0 Å². The van der Waals surface area contributed by atoms with E-state index in [1.165, 1.54) is 12.1 Å². The molecule has 0 heterocycles. The fourth-order valence-electron chi connectivity index (χ4n) is 2.40. The molecule has 0 spiro atoms. The maximum Gasteiger partial charge on any atom is 0.251 e. The van der Waals surface area contributed by atoms with Gasteiger partial charge < -0.3 is 10.2 Å². The molecular formula is C19H21FN2O2. The van der Waals surface area contributed by atoms with Gasteiger partial charge in [-0.05, 0) is 41.8 Å². The molecule has 2 amide bonds. The molecule has 4 nitrogen and oxygen atoms in total. The Morgan fingerprint density at radius 3 is 2.42 bits per heavy atom. The highest BCUT2D eigenvalue weighted by atomic mass is 19.1. The van der Waals surface area contributed by atoms with E-state index in [1.807, 2.05) is 18.2 Å². The first-order valence-corrected chi connectivity index (χ1v) is 7.79. The molecule has 0 radical (unpaired) electrons. The zero-order valence-electron chi connectivity index (χ0n) is 13.9. The molecule has 0 bridgehead atoms. The van der Waals surface area contributed by atoms with E-state index in [9.17, 15) is 14.0 Å². The molecule has 0 unspecified atom stereocenters. The van der Waals surface area contributed by atoms with Gasteiger partial charge in [0.15, 0.2) is 0 Å². The van der Waals surface area contributed by atoms with E-state index in [2.05, 4.69) is 5.32 Å². The Bertz CT molecular complexity index is 714. The number of rotatable bonds is 6. The third kappa shape index (κ3) is 4.91. The quantitative estimate of drug-likeness (QED) is 0.886. The van der Waals surface area contributed by atoms with Gasteiger partial charge in [-0.2, -0.15) is 0 Å². The lowest BCUT2D eigenvalue weighted by Gasteiger charge is -2.17. The number of aryl methyl sites for hydroxylation is 1. The first kappa shape index (κ1) is 17.7. The largest absolute Gasteiger partial charge is 0.355 e. The summed E-state index contributed by atoms with van der Waals surface area (Å²) in [5.74, 6) is -0.430. The average Bonchev–Trinajstić information content (AvgIpc) is 2.59. The molecule has 0 aliphatic carbocycles. The lowest BCUT2D eigenvalue weighted by Crippen LogP contribution is -2.26. The van der Waals surface area contributed by atoms with Gasteiger partial charge in [0.2, 0.25) is 5.91 Å². The molecule has 0 saturated carbocycles. The first-order chi connectivity index (χ1) is 11.5. The molecular weight excluding hydrogens is 307 g/mol. The molecule has 24 heavy (non-hydrogen) atoms. The van der Waals surface area contributed by atoms with E-state index in [4.69, 9.17) is 0 Å². The number of benzene rings is 2. The van der Waals surface area contributed by atoms with Crippen LogP contribution in [0.2, 0.25) is 0 Å². The van der Waals surface area contributed by atoms with Crippen molar-refractivity contribution >= 4 is 11.8 Å². The Balaban J connectivity index is 1.88. The number of hydrogen-bond donors (Lipinski definition) is 1. The number of nitrogens with zero attached hydrogens (tertiary/aromatic N) is 1. The maximum atomic E-state index is 13.1. The topological polar surface area (TPSA) is 49.4 Å². The standard InChI is InChI=1S/C19H21FN2O2/c1-21-19(24)16-9-6-15(7-10-16)13-22(2)18(23)11-8-14-4-3-5-17(20)12-14/h3-7,9-10,12H,8,11,13H2,1-2H3,(H,21,24). The van der Waals surface area contributed by atoms with Crippen molar-refractivity contribution < 1.29 is 14.0 Å². The first-order valence-electron chi connectivity index (χ1n) is 7.79. The Labute approximate surface area is 141 Å². The molecule has 126 valence electrons. The second kappa shape index (κ2) is 8.24. The van der Waals surface area contributed by atoms with E-state index in [1.54, 1.807) is 37.2 Å². The molecule has 2 aromatic carbocycles. The Morgan fingerprint density at radius 1 is 1.08 bits per heavy atom. The SMILES string of the molecule is CNC(=O)c1ccc(CN(C)C(=O)CCc2cccc(F)c2)cc1.